The average molecular weight is 272 g/mol. The summed E-state index contributed by atoms with van der Waals surface area (Å²) in [5.74, 6) is 0. The fourth-order valence-electron chi connectivity index (χ4n) is 4.65. The zero-order chi connectivity index (χ0) is 14.0. The SMILES string of the molecule is Cc1ccc2cc3c4c(ccc3c3c2c1CC3)CCCC4. The third-order valence-electron chi connectivity index (χ3n) is 5.71. The van der Waals surface area contributed by atoms with Crippen molar-refractivity contribution < 1.29 is 0 Å². The molecule has 0 saturated heterocycles. The van der Waals surface area contributed by atoms with E-state index in [1.54, 1.807) is 33.0 Å². The summed E-state index contributed by atoms with van der Waals surface area (Å²) in [6.07, 6.45) is 7.73. The number of benzene rings is 3. The predicted octanol–water partition coefficient (Wildman–Crippen LogP) is 5.28. The molecule has 0 nitrogen and oxygen atoms in total. The second-order valence-electron chi connectivity index (χ2n) is 6.82. The number of hydrogen-bond donors (Lipinski definition) is 0. The molecule has 0 bridgehead atoms. The highest BCUT2D eigenvalue weighted by molar-refractivity contribution is 6.06. The number of hydrogen-bond acceptors (Lipinski definition) is 0. The van der Waals surface area contributed by atoms with Crippen LogP contribution in [0.25, 0.3) is 21.5 Å². The largest absolute Gasteiger partial charge is 0.0584 e. The Kier molecular flexibility index (Phi) is 2.30. The summed E-state index contributed by atoms with van der Waals surface area (Å²) < 4.78 is 0. The average Bonchev–Trinajstić information content (AvgIpc) is 2.97. The van der Waals surface area contributed by atoms with Gasteiger partial charge < -0.3 is 0 Å². The second kappa shape index (κ2) is 4.10. The van der Waals surface area contributed by atoms with Crippen LogP contribution in [0.3, 0.4) is 0 Å². The molecular formula is C21H20. The first-order valence-electron chi connectivity index (χ1n) is 8.31. The van der Waals surface area contributed by atoms with E-state index in [1.165, 1.54) is 54.9 Å². The fourth-order valence-corrected chi connectivity index (χ4v) is 4.65. The van der Waals surface area contributed by atoms with E-state index in [4.69, 9.17) is 0 Å². The maximum absolute atomic E-state index is 2.48. The summed E-state index contributed by atoms with van der Waals surface area (Å²) in [7, 11) is 0. The van der Waals surface area contributed by atoms with Gasteiger partial charge in [-0.2, -0.15) is 0 Å². The Bertz CT molecular complexity index is 899. The number of aryl methyl sites for hydroxylation is 5. The molecule has 3 aromatic rings. The Hall–Kier alpha value is -1.82. The summed E-state index contributed by atoms with van der Waals surface area (Å²) >= 11 is 0. The van der Waals surface area contributed by atoms with Gasteiger partial charge in [0, 0.05) is 0 Å². The van der Waals surface area contributed by atoms with Gasteiger partial charge in [-0.05, 0) is 101 Å². The standard InChI is InChI=1S/C21H20/c1-13-6-7-15-12-20-17-5-3-2-4-14(17)8-9-18(20)19-11-10-16(13)21(15)19/h6-9,12H,2-5,10-11H2,1H3. The molecule has 2 aliphatic rings. The van der Waals surface area contributed by atoms with E-state index in [9.17, 15) is 0 Å². The minimum absolute atomic E-state index is 1.23. The first-order chi connectivity index (χ1) is 10.3. The molecule has 0 heteroatoms. The highest BCUT2D eigenvalue weighted by Crippen LogP contribution is 2.40. The van der Waals surface area contributed by atoms with Gasteiger partial charge in [-0.25, -0.2) is 0 Å². The molecule has 0 radical (unpaired) electrons. The Morgan fingerprint density at radius 2 is 1.57 bits per heavy atom. The molecule has 5 rings (SSSR count). The zero-order valence-electron chi connectivity index (χ0n) is 12.6. The highest BCUT2D eigenvalue weighted by Gasteiger charge is 2.21. The van der Waals surface area contributed by atoms with Gasteiger partial charge in [0.05, 0.1) is 0 Å². The summed E-state index contributed by atoms with van der Waals surface area (Å²) in [5.41, 5.74) is 7.94. The lowest BCUT2D eigenvalue weighted by molar-refractivity contribution is 0.690. The van der Waals surface area contributed by atoms with E-state index in [-0.39, 0.29) is 0 Å². The van der Waals surface area contributed by atoms with Crippen molar-refractivity contribution in [2.24, 2.45) is 0 Å². The fraction of sp³-hybridized carbons (Fsp3) is 0.333. The molecule has 0 spiro atoms. The van der Waals surface area contributed by atoms with Crippen molar-refractivity contribution in [3.05, 3.63) is 58.1 Å². The third-order valence-corrected chi connectivity index (χ3v) is 5.71. The van der Waals surface area contributed by atoms with Crippen LogP contribution in [0.5, 0.6) is 0 Å². The lowest BCUT2D eigenvalue weighted by Gasteiger charge is -2.19. The molecule has 0 aliphatic heterocycles. The van der Waals surface area contributed by atoms with Gasteiger partial charge in [-0.1, -0.05) is 24.3 Å². The van der Waals surface area contributed by atoms with Gasteiger partial charge in [-0.15, -0.1) is 0 Å². The van der Waals surface area contributed by atoms with Gasteiger partial charge in [0.15, 0.2) is 0 Å². The highest BCUT2D eigenvalue weighted by atomic mass is 14.3. The van der Waals surface area contributed by atoms with Crippen molar-refractivity contribution in [1.82, 2.24) is 0 Å². The molecule has 3 aromatic carbocycles. The van der Waals surface area contributed by atoms with E-state index in [2.05, 4.69) is 37.3 Å². The van der Waals surface area contributed by atoms with E-state index < -0.39 is 0 Å². The topological polar surface area (TPSA) is 0 Å². The van der Waals surface area contributed by atoms with E-state index in [1.807, 2.05) is 0 Å². The van der Waals surface area contributed by atoms with Gasteiger partial charge in [0.2, 0.25) is 0 Å². The normalized spacial score (nSPS) is 16.6. The van der Waals surface area contributed by atoms with Crippen LogP contribution in [0.2, 0.25) is 0 Å². The quantitative estimate of drug-likeness (QED) is 0.488. The van der Waals surface area contributed by atoms with Gasteiger partial charge >= 0.3 is 0 Å². The molecule has 2 aliphatic carbocycles. The summed E-state index contributed by atoms with van der Waals surface area (Å²) in [5, 5.41) is 6.12. The minimum atomic E-state index is 1.23. The van der Waals surface area contributed by atoms with E-state index >= 15 is 0 Å². The zero-order valence-corrected chi connectivity index (χ0v) is 12.6. The molecule has 0 aromatic heterocycles. The third kappa shape index (κ3) is 1.51. The van der Waals surface area contributed by atoms with Gasteiger partial charge in [0.1, 0.15) is 0 Å². The number of rotatable bonds is 0. The predicted molar refractivity (Wildman–Crippen MR) is 90.2 cm³/mol. The molecule has 0 fully saturated rings. The maximum atomic E-state index is 2.48. The molecule has 21 heavy (non-hydrogen) atoms. The van der Waals surface area contributed by atoms with Crippen LogP contribution in [-0.2, 0) is 25.7 Å². The van der Waals surface area contributed by atoms with Crippen molar-refractivity contribution >= 4 is 21.5 Å². The Morgan fingerprint density at radius 1 is 0.714 bits per heavy atom. The first-order valence-corrected chi connectivity index (χ1v) is 8.31. The van der Waals surface area contributed by atoms with Crippen LogP contribution in [0, 0.1) is 6.92 Å². The van der Waals surface area contributed by atoms with Crippen molar-refractivity contribution in [2.45, 2.75) is 45.4 Å². The smallest absolute Gasteiger partial charge is 0.0111 e. The summed E-state index contributed by atoms with van der Waals surface area (Å²) in [4.78, 5) is 0. The van der Waals surface area contributed by atoms with Crippen LogP contribution in [0.15, 0.2) is 30.3 Å². The second-order valence-corrected chi connectivity index (χ2v) is 6.82. The van der Waals surface area contributed by atoms with Crippen LogP contribution in [0.1, 0.15) is 40.7 Å². The molecular weight excluding hydrogens is 252 g/mol. The van der Waals surface area contributed by atoms with Gasteiger partial charge in [-0.3, -0.25) is 0 Å². The molecule has 0 saturated carbocycles. The minimum Gasteiger partial charge on any atom is -0.0584 e. The molecule has 0 heterocycles. The van der Waals surface area contributed by atoms with Crippen molar-refractivity contribution in [3.8, 4) is 0 Å². The monoisotopic (exact) mass is 272 g/mol. The molecule has 0 atom stereocenters. The van der Waals surface area contributed by atoms with E-state index in [0.29, 0.717) is 0 Å². The first kappa shape index (κ1) is 11.8. The Balaban J connectivity index is 1.97. The molecule has 0 N–H and O–H groups in total. The van der Waals surface area contributed by atoms with Crippen molar-refractivity contribution in [1.29, 1.82) is 0 Å². The van der Waals surface area contributed by atoms with Crippen molar-refractivity contribution in [2.75, 3.05) is 0 Å². The molecule has 0 amide bonds. The molecule has 104 valence electrons. The Labute approximate surface area is 125 Å². The summed E-state index contributed by atoms with van der Waals surface area (Å²) in [6.45, 7) is 2.26. The van der Waals surface area contributed by atoms with Gasteiger partial charge in [0.25, 0.3) is 0 Å². The number of fused-ring (bicyclic) bond motifs is 4. The van der Waals surface area contributed by atoms with Crippen LogP contribution in [0.4, 0.5) is 0 Å². The summed E-state index contributed by atoms with van der Waals surface area (Å²) in [6, 6.07) is 11.9. The van der Waals surface area contributed by atoms with Crippen LogP contribution >= 0.6 is 0 Å². The lowest BCUT2D eigenvalue weighted by atomic mass is 9.85. The Morgan fingerprint density at radius 3 is 2.52 bits per heavy atom. The van der Waals surface area contributed by atoms with E-state index in [0.717, 1.165) is 0 Å². The van der Waals surface area contributed by atoms with Crippen molar-refractivity contribution in [3.63, 3.8) is 0 Å². The van der Waals surface area contributed by atoms with Crippen LogP contribution in [-0.4, -0.2) is 0 Å². The van der Waals surface area contributed by atoms with Crippen LogP contribution < -0.4 is 0 Å². The molecule has 0 unspecified atom stereocenters. The lowest BCUT2D eigenvalue weighted by Crippen LogP contribution is -2.03. The maximum Gasteiger partial charge on any atom is -0.0111 e.